The molecule has 0 N–H and O–H groups in total. The van der Waals surface area contributed by atoms with Gasteiger partial charge < -0.3 is 17.9 Å². The van der Waals surface area contributed by atoms with E-state index in [-0.39, 0.29) is 10.8 Å². The second-order valence-electron chi connectivity index (χ2n) is 26.4. The largest absolute Gasteiger partial charge is 0.309 e. The Bertz CT molecular complexity index is 6130. The molecule has 4 nitrogen and oxygen atoms in total. The van der Waals surface area contributed by atoms with Crippen molar-refractivity contribution < 1.29 is 0 Å². The lowest BCUT2D eigenvalue weighted by molar-refractivity contribution is 0.591. The van der Waals surface area contributed by atoms with Crippen molar-refractivity contribution in [2.24, 2.45) is 0 Å². The van der Waals surface area contributed by atoms with Crippen molar-refractivity contribution in [3.8, 4) is 33.6 Å². The van der Waals surface area contributed by atoms with E-state index in [0.29, 0.717) is 0 Å². The van der Waals surface area contributed by atoms with Crippen molar-refractivity contribution >= 4 is 141 Å². The van der Waals surface area contributed by atoms with E-state index in [4.69, 9.17) is 0 Å². The van der Waals surface area contributed by atoms with E-state index in [1.807, 2.05) is 0 Å². The Morgan fingerprint density at radius 3 is 1.24 bits per heavy atom. The summed E-state index contributed by atoms with van der Waals surface area (Å²) in [4.78, 5) is 0. The van der Waals surface area contributed by atoms with Crippen LogP contribution in [0.2, 0.25) is 0 Å². The summed E-state index contributed by atoms with van der Waals surface area (Å²) in [7, 11) is 0. The molecule has 0 saturated heterocycles. The van der Waals surface area contributed by atoms with Gasteiger partial charge in [0.2, 0.25) is 0 Å². The van der Waals surface area contributed by atoms with Gasteiger partial charge in [-0.1, -0.05) is 175 Å². The third-order valence-electron chi connectivity index (χ3n) is 19.6. The molecule has 0 bridgehead atoms. The zero-order valence-corrected chi connectivity index (χ0v) is 48.9. The van der Waals surface area contributed by atoms with Gasteiger partial charge in [-0.15, -0.1) is 0 Å². The molecular formula is C82H58N4. The van der Waals surface area contributed by atoms with Gasteiger partial charge >= 0.3 is 0 Å². The second kappa shape index (κ2) is 16.7. The van der Waals surface area contributed by atoms with Crippen molar-refractivity contribution in [1.29, 1.82) is 0 Å². The van der Waals surface area contributed by atoms with Gasteiger partial charge in [0.25, 0.3) is 0 Å². The van der Waals surface area contributed by atoms with Crippen LogP contribution in [0.25, 0.3) is 175 Å². The van der Waals surface area contributed by atoms with Crippen molar-refractivity contribution in [2.75, 3.05) is 0 Å². The Morgan fingerprint density at radius 2 is 0.663 bits per heavy atom. The first-order chi connectivity index (χ1) is 42.0. The summed E-state index contributed by atoms with van der Waals surface area (Å²) in [5, 5.41) is 20.5. The van der Waals surface area contributed by atoms with Crippen LogP contribution in [0.4, 0.5) is 0 Å². The fourth-order valence-corrected chi connectivity index (χ4v) is 15.7. The highest BCUT2D eigenvalue weighted by Gasteiger charge is 2.31. The number of nitrogens with zero attached hydrogens (tertiary/aromatic N) is 4. The Hall–Kier alpha value is -10.4. The lowest BCUT2D eigenvalue weighted by atomic mass is 9.83. The molecule has 0 amide bonds. The number of hydrogen-bond donors (Lipinski definition) is 0. The number of fused-ring (bicyclic) bond motifs is 23. The highest BCUT2D eigenvalue weighted by atomic mass is 15.0. The molecule has 0 aliphatic carbocycles. The Balaban J connectivity index is 0.971. The van der Waals surface area contributed by atoms with Gasteiger partial charge in [-0.3, -0.25) is 0 Å². The number of benzene rings is 13. The number of aromatic nitrogens is 4. The van der Waals surface area contributed by atoms with Gasteiger partial charge in [-0.05, 0) is 164 Å². The van der Waals surface area contributed by atoms with Crippen LogP contribution in [-0.4, -0.2) is 17.9 Å². The molecule has 6 heterocycles. The van der Waals surface area contributed by atoms with Gasteiger partial charge in [-0.25, -0.2) is 0 Å². The van der Waals surface area contributed by atoms with Gasteiger partial charge in [0.15, 0.2) is 0 Å². The zero-order chi connectivity index (χ0) is 57.2. The topological polar surface area (TPSA) is 18.7 Å². The molecule has 0 spiro atoms. The molecule has 0 unspecified atom stereocenters. The lowest BCUT2D eigenvalue weighted by Crippen LogP contribution is -2.11. The van der Waals surface area contributed by atoms with E-state index in [1.165, 1.54) is 180 Å². The minimum absolute atomic E-state index is 0.106. The first-order valence-electron chi connectivity index (χ1n) is 30.4. The SMILES string of the molecule is CC(C)(C)c1cc(-c2ccc3c(c2)c2ccccc2n3-c2ccccc2)c2c(c1)c1cc(C(C)(C)C)cc3c4c5c6c7ccccc7cc7c8c9ccccc9cc(-c9ccc%10c(c9)c9ccccc9n%10-c9ccccc9)c8n(c5ccc4n2c13)c76. The predicted octanol–water partition coefficient (Wildman–Crippen LogP) is 22.4. The summed E-state index contributed by atoms with van der Waals surface area (Å²) < 4.78 is 10.2. The number of hydrogen-bond acceptors (Lipinski definition) is 0. The molecule has 406 valence electrons. The first-order valence-corrected chi connectivity index (χ1v) is 30.4. The highest BCUT2D eigenvalue weighted by Crippen LogP contribution is 2.54. The standard InChI is InChI=1S/C82H58N4/c1-81(2,3)51-43-60(50-34-36-70-62(41-50)58-30-18-20-32-68(58)84(70)54-25-11-8-12-26-54)77-63(44-51)64-45-52(82(4,5)6)46-66-74-71(85(77)78(64)66)37-38-72-76(74)75-56-28-16-14-22-48(56)42-65-73-55-27-15-13-21-47(55)39-59(79(73)86(72)80(65)75)49-33-35-69-61(40-49)57-29-17-19-31-67(57)83(69)53-23-9-7-10-24-53/h7-46H,1-6H3. The predicted molar refractivity (Wildman–Crippen MR) is 368 cm³/mol. The molecule has 0 saturated carbocycles. The van der Waals surface area contributed by atoms with Gasteiger partial charge in [0.05, 0.1) is 55.2 Å². The molecular weight excluding hydrogens is 1040 g/mol. The van der Waals surface area contributed by atoms with Crippen LogP contribution in [0.3, 0.4) is 0 Å². The molecule has 0 aliphatic heterocycles. The maximum Gasteiger partial charge on any atom is 0.0627 e. The molecule has 0 fully saturated rings. The van der Waals surface area contributed by atoms with E-state index >= 15 is 0 Å². The van der Waals surface area contributed by atoms with Crippen LogP contribution < -0.4 is 0 Å². The summed E-state index contributed by atoms with van der Waals surface area (Å²) in [5.41, 5.74) is 22.0. The summed E-state index contributed by atoms with van der Waals surface area (Å²) in [6.45, 7) is 14.2. The molecule has 19 aromatic rings. The molecule has 0 atom stereocenters. The molecule has 4 heteroatoms. The third kappa shape index (κ3) is 6.27. The normalized spacial score (nSPS) is 13.0. The van der Waals surface area contributed by atoms with Crippen LogP contribution >= 0.6 is 0 Å². The molecule has 19 rings (SSSR count). The van der Waals surface area contributed by atoms with Crippen molar-refractivity contribution in [2.45, 2.75) is 52.4 Å². The van der Waals surface area contributed by atoms with E-state index < -0.39 is 0 Å². The summed E-state index contributed by atoms with van der Waals surface area (Å²) in [6, 6.07) is 92.2. The second-order valence-corrected chi connectivity index (χ2v) is 26.4. The number of para-hydroxylation sites is 4. The summed E-state index contributed by atoms with van der Waals surface area (Å²) >= 11 is 0. The van der Waals surface area contributed by atoms with Crippen LogP contribution in [0.15, 0.2) is 243 Å². The van der Waals surface area contributed by atoms with Crippen LogP contribution in [0.1, 0.15) is 52.7 Å². The van der Waals surface area contributed by atoms with Gasteiger partial charge in [0.1, 0.15) is 0 Å². The maximum atomic E-state index is 2.68. The Kier molecular flexibility index (Phi) is 9.31. The van der Waals surface area contributed by atoms with Crippen LogP contribution in [0, 0.1) is 0 Å². The van der Waals surface area contributed by atoms with E-state index in [0.717, 1.165) is 5.69 Å². The molecule has 0 radical (unpaired) electrons. The molecule has 86 heavy (non-hydrogen) atoms. The average Bonchev–Trinajstić information content (AvgIpc) is 1.51. The monoisotopic (exact) mass is 1100 g/mol. The van der Waals surface area contributed by atoms with Crippen molar-refractivity contribution in [3.63, 3.8) is 0 Å². The van der Waals surface area contributed by atoms with Crippen LogP contribution in [-0.2, 0) is 10.8 Å². The Labute approximate surface area is 496 Å². The highest BCUT2D eigenvalue weighted by molar-refractivity contribution is 6.42. The maximum absolute atomic E-state index is 2.68. The van der Waals surface area contributed by atoms with Crippen LogP contribution in [0.5, 0.6) is 0 Å². The molecule has 6 aromatic heterocycles. The smallest absolute Gasteiger partial charge is 0.0627 e. The average molecular weight is 1100 g/mol. The Morgan fingerprint density at radius 1 is 0.244 bits per heavy atom. The summed E-state index contributed by atoms with van der Waals surface area (Å²) in [5.74, 6) is 0. The lowest BCUT2D eigenvalue weighted by Gasteiger charge is -2.22. The molecule has 0 aliphatic rings. The van der Waals surface area contributed by atoms with E-state index in [9.17, 15) is 0 Å². The van der Waals surface area contributed by atoms with E-state index in [1.54, 1.807) is 0 Å². The molecule has 13 aromatic carbocycles. The van der Waals surface area contributed by atoms with Crippen molar-refractivity contribution in [3.05, 3.63) is 254 Å². The number of rotatable bonds is 4. The fraction of sp³-hybridized carbons (Fsp3) is 0.0976. The van der Waals surface area contributed by atoms with Gasteiger partial charge in [-0.2, -0.15) is 0 Å². The van der Waals surface area contributed by atoms with Gasteiger partial charge in [0, 0.05) is 87.1 Å². The fourth-order valence-electron chi connectivity index (χ4n) is 15.7. The first kappa shape index (κ1) is 48.0. The summed E-state index contributed by atoms with van der Waals surface area (Å²) in [6.07, 6.45) is 0. The third-order valence-corrected chi connectivity index (χ3v) is 19.6. The quantitative estimate of drug-likeness (QED) is 0.167. The van der Waals surface area contributed by atoms with Crippen molar-refractivity contribution in [1.82, 2.24) is 17.9 Å². The minimum atomic E-state index is -0.124. The zero-order valence-electron chi connectivity index (χ0n) is 48.9. The minimum Gasteiger partial charge on any atom is -0.309 e. The van der Waals surface area contributed by atoms with E-state index in [2.05, 4.69) is 302 Å².